The first kappa shape index (κ1) is 13.1. The number of aromatic nitrogens is 2. The lowest BCUT2D eigenvalue weighted by atomic mass is 10.2. The fourth-order valence-electron chi connectivity index (χ4n) is 1.37. The highest BCUT2D eigenvalue weighted by molar-refractivity contribution is 4.85. The van der Waals surface area contributed by atoms with Crippen LogP contribution >= 0.6 is 0 Å². The summed E-state index contributed by atoms with van der Waals surface area (Å²) in [6.07, 6.45) is -0.740. The third-order valence-corrected chi connectivity index (χ3v) is 2.30. The van der Waals surface area contributed by atoms with E-state index in [1.165, 1.54) is 0 Å². The van der Waals surface area contributed by atoms with Gasteiger partial charge in [0, 0.05) is 19.5 Å². The van der Waals surface area contributed by atoms with Crippen molar-refractivity contribution in [3.8, 4) is 0 Å². The molecule has 1 aromatic heterocycles. The number of hydrogen-bond acceptors (Lipinski definition) is 6. The van der Waals surface area contributed by atoms with Crippen LogP contribution in [0.4, 0.5) is 0 Å². The zero-order chi connectivity index (χ0) is 12.1. The Balaban J connectivity index is 2.57. The molecule has 1 aromatic rings. The molecule has 1 atom stereocenters. The van der Waals surface area contributed by atoms with Crippen molar-refractivity contribution in [2.24, 2.45) is 0 Å². The number of aliphatic hydroxyl groups is 2. The molecular weight excluding hydrogens is 210 g/mol. The van der Waals surface area contributed by atoms with Crippen LogP contribution in [-0.2, 0) is 6.54 Å². The Kier molecular flexibility index (Phi) is 4.85. The van der Waals surface area contributed by atoms with Crippen molar-refractivity contribution >= 4 is 0 Å². The van der Waals surface area contributed by atoms with E-state index in [4.69, 9.17) is 9.63 Å². The van der Waals surface area contributed by atoms with Gasteiger partial charge in [-0.3, -0.25) is 4.90 Å². The van der Waals surface area contributed by atoms with E-state index in [9.17, 15) is 5.11 Å². The maximum atomic E-state index is 9.40. The van der Waals surface area contributed by atoms with Crippen molar-refractivity contribution in [2.75, 3.05) is 13.2 Å². The lowest BCUT2D eigenvalue weighted by Gasteiger charge is -2.26. The molecule has 0 radical (unpaired) electrons. The van der Waals surface area contributed by atoms with E-state index in [1.54, 1.807) is 6.92 Å². The molecular formula is C10H19N3O3. The Morgan fingerprint density at radius 3 is 2.56 bits per heavy atom. The van der Waals surface area contributed by atoms with Gasteiger partial charge in [-0.25, -0.2) is 0 Å². The third-order valence-electron chi connectivity index (χ3n) is 2.30. The molecule has 0 saturated carbocycles. The average molecular weight is 229 g/mol. The molecule has 2 N–H and O–H groups in total. The Morgan fingerprint density at radius 1 is 1.44 bits per heavy atom. The molecule has 0 spiro atoms. The molecule has 0 bridgehead atoms. The molecule has 6 heteroatoms. The van der Waals surface area contributed by atoms with Crippen LogP contribution in [0.2, 0.25) is 0 Å². The SMILES string of the molecule is Cc1nc(CN(C[C@H](O)CO)C(C)C)no1. The number of aryl methyl sites for hydroxylation is 1. The summed E-state index contributed by atoms with van der Waals surface area (Å²) < 4.78 is 4.88. The van der Waals surface area contributed by atoms with E-state index in [0.29, 0.717) is 24.8 Å². The van der Waals surface area contributed by atoms with Crippen molar-refractivity contribution < 1.29 is 14.7 Å². The minimum atomic E-state index is -0.740. The number of rotatable bonds is 6. The number of aliphatic hydroxyl groups excluding tert-OH is 2. The van der Waals surface area contributed by atoms with Crippen molar-refractivity contribution in [3.63, 3.8) is 0 Å². The van der Waals surface area contributed by atoms with Crippen LogP contribution in [0, 0.1) is 6.92 Å². The minimum Gasteiger partial charge on any atom is -0.394 e. The molecule has 0 unspecified atom stereocenters. The first-order valence-electron chi connectivity index (χ1n) is 5.35. The summed E-state index contributed by atoms with van der Waals surface area (Å²) in [5, 5.41) is 22.0. The van der Waals surface area contributed by atoms with Gasteiger partial charge in [0.1, 0.15) is 0 Å². The van der Waals surface area contributed by atoms with E-state index in [0.717, 1.165) is 0 Å². The summed E-state index contributed by atoms with van der Waals surface area (Å²) in [4.78, 5) is 6.08. The summed E-state index contributed by atoms with van der Waals surface area (Å²) in [6, 6.07) is 0.236. The first-order chi connectivity index (χ1) is 7.52. The van der Waals surface area contributed by atoms with Crippen LogP contribution in [0.5, 0.6) is 0 Å². The predicted molar refractivity (Wildman–Crippen MR) is 57.7 cm³/mol. The van der Waals surface area contributed by atoms with Crippen LogP contribution in [0.25, 0.3) is 0 Å². The van der Waals surface area contributed by atoms with Gasteiger partial charge in [-0.15, -0.1) is 0 Å². The summed E-state index contributed by atoms with van der Waals surface area (Å²) in [6.45, 7) is 6.41. The van der Waals surface area contributed by atoms with Gasteiger partial charge in [0.15, 0.2) is 5.82 Å². The summed E-state index contributed by atoms with van der Waals surface area (Å²) in [5.41, 5.74) is 0. The third kappa shape index (κ3) is 3.88. The molecule has 6 nitrogen and oxygen atoms in total. The topological polar surface area (TPSA) is 82.6 Å². The molecule has 0 aliphatic rings. The Labute approximate surface area is 94.9 Å². The van der Waals surface area contributed by atoms with E-state index in [-0.39, 0.29) is 12.6 Å². The molecule has 1 rings (SSSR count). The lowest BCUT2D eigenvalue weighted by Crippen LogP contribution is -2.38. The molecule has 0 aliphatic heterocycles. The molecule has 1 heterocycles. The molecule has 0 saturated heterocycles. The van der Waals surface area contributed by atoms with Gasteiger partial charge >= 0.3 is 0 Å². The minimum absolute atomic E-state index is 0.236. The molecule has 16 heavy (non-hydrogen) atoms. The van der Waals surface area contributed by atoms with Crippen molar-refractivity contribution in [3.05, 3.63) is 11.7 Å². The zero-order valence-electron chi connectivity index (χ0n) is 9.92. The lowest BCUT2D eigenvalue weighted by molar-refractivity contribution is 0.0452. The molecule has 0 aliphatic carbocycles. The summed E-state index contributed by atoms with van der Waals surface area (Å²) in [7, 11) is 0. The quantitative estimate of drug-likeness (QED) is 0.711. The van der Waals surface area contributed by atoms with Gasteiger partial charge in [-0.2, -0.15) is 4.98 Å². The highest BCUT2D eigenvalue weighted by Gasteiger charge is 2.16. The summed E-state index contributed by atoms with van der Waals surface area (Å²) in [5.74, 6) is 1.12. The predicted octanol–water partition coefficient (Wildman–Crippen LogP) is -0.0584. The van der Waals surface area contributed by atoms with E-state index in [1.807, 2.05) is 18.7 Å². The van der Waals surface area contributed by atoms with E-state index >= 15 is 0 Å². The maximum Gasteiger partial charge on any atom is 0.223 e. The largest absolute Gasteiger partial charge is 0.394 e. The van der Waals surface area contributed by atoms with Crippen LogP contribution in [-0.4, -0.2) is 50.6 Å². The molecule has 0 aromatic carbocycles. The normalized spacial score (nSPS) is 13.7. The smallest absolute Gasteiger partial charge is 0.223 e. The summed E-state index contributed by atoms with van der Waals surface area (Å²) >= 11 is 0. The van der Waals surface area contributed by atoms with Gasteiger partial charge in [0.05, 0.1) is 19.3 Å². The molecule has 0 amide bonds. The van der Waals surface area contributed by atoms with E-state index < -0.39 is 6.10 Å². The van der Waals surface area contributed by atoms with Gasteiger partial charge < -0.3 is 14.7 Å². The highest BCUT2D eigenvalue weighted by Crippen LogP contribution is 2.06. The van der Waals surface area contributed by atoms with Gasteiger partial charge in [-0.05, 0) is 13.8 Å². The van der Waals surface area contributed by atoms with E-state index in [2.05, 4.69) is 10.1 Å². The fraction of sp³-hybridized carbons (Fsp3) is 0.800. The first-order valence-corrected chi connectivity index (χ1v) is 5.35. The maximum absolute atomic E-state index is 9.40. The second kappa shape index (κ2) is 5.93. The highest BCUT2D eigenvalue weighted by atomic mass is 16.5. The van der Waals surface area contributed by atoms with Gasteiger partial charge in [0.2, 0.25) is 5.89 Å². The molecule has 0 fully saturated rings. The Bertz CT molecular complexity index is 314. The van der Waals surface area contributed by atoms with Crippen molar-refractivity contribution in [1.82, 2.24) is 15.0 Å². The monoisotopic (exact) mass is 229 g/mol. The fourth-order valence-corrected chi connectivity index (χ4v) is 1.37. The average Bonchev–Trinajstić information content (AvgIpc) is 2.62. The van der Waals surface area contributed by atoms with Crippen molar-refractivity contribution in [1.29, 1.82) is 0 Å². The van der Waals surface area contributed by atoms with Gasteiger partial charge in [0.25, 0.3) is 0 Å². The van der Waals surface area contributed by atoms with Crippen LogP contribution in [0.1, 0.15) is 25.6 Å². The number of hydrogen-bond donors (Lipinski definition) is 2. The second-order valence-electron chi connectivity index (χ2n) is 4.09. The van der Waals surface area contributed by atoms with Gasteiger partial charge in [-0.1, -0.05) is 5.16 Å². The Hall–Kier alpha value is -0.980. The Morgan fingerprint density at radius 2 is 2.12 bits per heavy atom. The molecule has 92 valence electrons. The van der Waals surface area contributed by atoms with Crippen LogP contribution < -0.4 is 0 Å². The standard InChI is InChI=1S/C10H19N3O3/c1-7(2)13(4-9(15)6-14)5-10-11-8(3)16-12-10/h7,9,14-15H,4-6H2,1-3H3/t9-/m0/s1. The van der Waals surface area contributed by atoms with Crippen LogP contribution in [0.15, 0.2) is 4.52 Å². The second-order valence-corrected chi connectivity index (χ2v) is 4.09. The number of nitrogens with zero attached hydrogens (tertiary/aromatic N) is 3. The zero-order valence-corrected chi connectivity index (χ0v) is 9.92. The van der Waals surface area contributed by atoms with Crippen molar-refractivity contribution in [2.45, 2.75) is 39.5 Å². The van der Waals surface area contributed by atoms with Crippen LogP contribution in [0.3, 0.4) is 0 Å².